The molecule has 8 nitrogen and oxygen atoms in total. The maximum atomic E-state index is 16.2. The number of fused-ring (bicyclic) bond motifs is 1. The molecule has 2 atom stereocenters. The third-order valence-corrected chi connectivity index (χ3v) is 6.75. The zero-order valence-corrected chi connectivity index (χ0v) is 22.0. The SMILES string of the molecule is C[C@@H]1CN(c2nc(CN(C)Cc3ncccn3)nc3c(F)c(-c4c(O)cccc4F)c(Cl)cc23)C[C@H](C)N1. The van der Waals surface area contributed by atoms with Gasteiger partial charge < -0.3 is 15.3 Å². The van der Waals surface area contributed by atoms with Crippen LogP contribution in [0, 0.1) is 11.6 Å². The fourth-order valence-corrected chi connectivity index (χ4v) is 5.26. The fraction of sp³-hybridized carbons (Fsp3) is 0.333. The lowest BCUT2D eigenvalue weighted by Gasteiger charge is -2.37. The van der Waals surface area contributed by atoms with Crippen molar-refractivity contribution in [2.45, 2.75) is 39.0 Å². The predicted octanol–water partition coefficient (Wildman–Crippen LogP) is 4.54. The highest BCUT2D eigenvalue weighted by Crippen LogP contribution is 2.42. The molecule has 1 aliphatic heterocycles. The third kappa shape index (κ3) is 5.24. The number of benzene rings is 2. The summed E-state index contributed by atoms with van der Waals surface area (Å²) in [6.07, 6.45) is 3.35. The Morgan fingerprint density at radius 3 is 2.39 bits per heavy atom. The van der Waals surface area contributed by atoms with Gasteiger partial charge in [-0.2, -0.15) is 0 Å². The summed E-state index contributed by atoms with van der Waals surface area (Å²) >= 11 is 6.54. The lowest BCUT2D eigenvalue weighted by Crippen LogP contribution is -2.54. The summed E-state index contributed by atoms with van der Waals surface area (Å²) in [6, 6.07) is 7.45. The first kappa shape index (κ1) is 26.1. The molecule has 198 valence electrons. The molecule has 2 aromatic carbocycles. The minimum Gasteiger partial charge on any atom is -0.507 e. The van der Waals surface area contributed by atoms with Gasteiger partial charge in [-0.15, -0.1) is 0 Å². The minimum absolute atomic E-state index is 0.00949. The number of aromatic hydroxyl groups is 1. The number of rotatable bonds is 6. The number of piperazine rings is 1. The van der Waals surface area contributed by atoms with Crippen LogP contribution in [-0.4, -0.2) is 62.2 Å². The van der Waals surface area contributed by atoms with Gasteiger partial charge in [0.05, 0.1) is 23.7 Å². The van der Waals surface area contributed by atoms with Crippen molar-refractivity contribution in [1.29, 1.82) is 0 Å². The summed E-state index contributed by atoms with van der Waals surface area (Å²) in [6.45, 7) is 6.19. The molecule has 0 unspecified atom stereocenters. The molecule has 5 rings (SSSR count). The molecule has 1 fully saturated rings. The number of hydrogen-bond acceptors (Lipinski definition) is 8. The molecule has 2 N–H and O–H groups in total. The van der Waals surface area contributed by atoms with Crippen LogP contribution in [0.25, 0.3) is 22.0 Å². The average Bonchev–Trinajstić information content (AvgIpc) is 2.86. The highest BCUT2D eigenvalue weighted by Gasteiger charge is 2.28. The van der Waals surface area contributed by atoms with Gasteiger partial charge in [0.25, 0.3) is 0 Å². The van der Waals surface area contributed by atoms with Crippen molar-refractivity contribution < 1.29 is 13.9 Å². The molecule has 0 radical (unpaired) electrons. The van der Waals surface area contributed by atoms with Crippen molar-refractivity contribution in [3.63, 3.8) is 0 Å². The van der Waals surface area contributed by atoms with E-state index in [-0.39, 0.29) is 33.7 Å². The molecule has 38 heavy (non-hydrogen) atoms. The van der Waals surface area contributed by atoms with Gasteiger partial charge in [0, 0.05) is 48.5 Å². The van der Waals surface area contributed by atoms with E-state index < -0.39 is 17.4 Å². The lowest BCUT2D eigenvalue weighted by atomic mass is 10.0. The molecule has 0 aliphatic carbocycles. The highest BCUT2D eigenvalue weighted by molar-refractivity contribution is 6.34. The summed E-state index contributed by atoms with van der Waals surface area (Å²) in [7, 11) is 1.87. The lowest BCUT2D eigenvalue weighted by molar-refractivity contribution is 0.302. The molecular formula is C27H28ClF2N7O. The van der Waals surface area contributed by atoms with Crippen LogP contribution in [0.3, 0.4) is 0 Å². The molecule has 0 bridgehead atoms. The van der Waals surface area contributed by atoms with E-state index >= 15 is 4.39 Å². The standard InChI is InChI=1S/C27H28ClF2N7O/c1-15-11-37(12-16(2)33-15)27-17-10-18(28)23(24-19(29)6-4-7-20(24)38)25(30)26(17)34-22(35-27)14-36(3)13-21-31-8-5-9-32-21/h4-10,15-16,33,38H,11-14H2,1-3H3/t15-,16+. The predicted molar refractivity (Wildman–Crippen MR) is 143 cm³/mol. The van der Waals surface area contributed by atoms with Gasteiger partial charge in [-0.25, -0.2) is 28.7 Å². The van der Waals surface area contributed by atoms with Crippen LogP contribution in [0.15, 0.2) is 42.7 Å². The minimum atomic E-state index is -0.817. The van der Waals surface area contributed by atoms with E-state index in [1.165, 1.54) is 12.1 Å². The van der Waals surface area contributed by atoms with E-state index in [2.05, 4.69) is 39.0 Å². The maximum Gasteiger partial charge on any atom is 0.159 e. The van der Waals surface area contributed by atoms with Crippen LogP contribution in [0.4, 0.5) is 14.6 Å². The number of aromatic nitrogens is 4. The van der Waals surface area contributed by atoms with Crippen molar-refractivity contribution in [1.82, 2.24) is 30.2 Å². The summed E-state index contributed by atoms with van der Waals surface area (Å²) in [5.74, 6) is -0.438. The van der Waals surface area contributed by atoms with E-state index in [4.69, 9.17) is 16.6 Å². The molecule has 0 saturated carbocycles. The molecule has 0 spiro atoms. The first-order valence-electron chi connectivity index (χ1n) is 12.3. The number of halogens is 3. The Kier molecular flexibility index (Phi) is 7.38. The summed E-state index contributed by atoms with van der Waals surface area (Å²) in [5.41, 5.74) is -0.532. The average molecular weight is 540 g/mol. The zero-order chi connectivity index (χ0) is 27.0. The molecule has 0 amide bonds. The first-order chi connectivity index (χ1) is 18.2. The van der Waals surface area contributed by atoms with Crippen LogP contribution < -0.4 is 10.2 Å². The van der Waals surface area contributed by atoms with Crippen LogP contribution in [0.2, 0.25) is 5.02 Å². The Morgan fingerprint density at radius 1 is 1.03 bits per heavy atom. The molecule has 3 heterocycles. The van der Waals surface area contributed by atoms with Crippen LogP contribution >= 0.6 is 11.6 Å². The Bertz CT molecular complexity index is 1440. The third-order valence-electron chi connectivity index (χ3n) is 6.45. The molecule has 1 saturated heterocycles. The Labute approximate surface area is 224 Å². The summed E-state index contributed by atoms with van der Waals surface area (Å²) < 4.78 is 31.0. The van der Waals surface area contributed by atoms with E-state index in [9.17, 15) is 9.50 Å². The second-order valence-corrected chi connectivity index (χ2v) is 10.2. The van der Waals surface area contributed by atoms with Gasteiger partial charge in [-0.05, 0) is 45.2 Å². The van der Waals surface area contributed by atoms with Gasteiger partial charge >= 0.3 is 0 Å². The van der Waals surface area contributed by atoms with E-state index in [0.717, 1.165) is 6.07 Å². The van der Waals surface area contributed by atoms with Crippen LogP contribution in [0.1, 0.15) is 25.5 Å². The molecule has 1 aliphatic rings. The molecular weight excluding hydrogens is 512 g/mol. The second kappa shape index (κ2) is 10.7. The van der Waals surface area contributed by atoms with Crippen molar-refractivity contribution in [3.8, 4) is 16.9 Å². The largest absolute Gasteiger partial charge is 0.507 e. The smallest absolute Gasteiger partial charge is 0.159 e. The number of anilines is 1. The van der Waals surface area contributed by atoms with Gasteiger partial charge in [0.1, 0.15) is 34.6 Å². The first-order valence-corrected chi connectivity index (χ1v) is 12.7. The van der Waals surface area contributed by atoms with Crippen molar-refractivity contribution >= 4 is 28.3 Å². The summed E-state index contributed by atoms with van der Waals surface area (Å²) in [4.78, 5) is 22.0. The highest BCUT2D eigenvalue weighted by atomic mass is 35.5. The Balaban J connectivity index is 1.65. The topological polar surface area (TPSA) is 90.3 Å². The number of hydrogen-bond donors (Lipinski definition) is 2. The number of nitrogens with zero attached hydrogens (tertiary/aromatic N) is 6. The van der Waals surface area contributed by atoms with Gasteiger partial charge in [-0.3, -0.25) is 4.90 Å². The van der Waals surface area contributed by atoms with Crippen molar-refractivity contribution in [3.05, 3.63) is 71.0 Å². The van der Waals surface area contributed by atoms with Crippen molar-refractivity contribution in [2.24, 2.45) is 0 Å². The Hall–Kier alpha value is -3.47. The van der Waals surface area contributed by atoms with E-state index in [0.29, 0.717) is 49.0 Å². The molecule has 2 aromatic heterocycles. The van der Waals surface area contributed by atoms with Gasteiger partial charge in [-0.1, -0.05) is 17.7 Å². The van der Waals surface area contributed by atoms with E-state index in [1.807, 2.05) is 11.9 Å². The quantitative estimate of drug-likeness (QED) is 0.369. The number of phenolic OH excluding ortho intramolecular Hbond substituents is 1. The van der Waals surface area contributed by atoms with Crippen LogP contribution in [0.5, 0.6) is 5.75 Å². The molecule has 11 heteroatoms. The van der Waals surface area contributed by atoms with Crippen LogP contribution in [-0.2, 0) is 13.1 Å². The van der Waals surface area contributed by atoms with Gasteiger partial charge in [0.2, 0.25) is 0 Å². The fourth-order valence-electron chi connectivity index (χ4n) is 4.98. The van der Waals surface area contributed by atoms with Crippen molar-refractivity contribution in [2.75, 3.05) is 25.0 Å². The zero-order valence-electron chi connectivity index (χ0n) is 21.3. The van der Waals surface area contributed by atoms with E-state index in [1.54, 1.807) is 24.5 Å². The normalized spacial score (nSPS) is 17.9. The number of nitrogens with one attached hydrogen (secondary N) is 1. The van der Waals surface area contributed by atoms with Gasteiger partial charge in [0.15, 0.2) is 5.82 Å². The second-order valence-electron chi connectivity index (χ2n) is 9.75. The Morgan fingerprint density at radius 2 is 1.71 bits per heavy atom. The summed E-state index contributed by atoms with van der Waals surface area (Å²) in [5, 5.41) is 14.2. The number of phenols is 1. The maximum absolute atomic E-state index is 16.2. The monoisotopic (exact) mass is 539 g/mol. The molecule has 4 aromatic rings.